The van der Waals surface area contributed by atoms with Crippen molar-refractivity contribution in [2.75, 3.05) is 13.2 Å². The van der Waals surface area contributed by atoms with Gasteiger partial charge in [0.1, 0.15) is 13.2 Å². The molecule has 0 heterocycles. The average Bonchev–Trinajstić information content (AvgIpc) is 3.37. The Hall–Kier alpha value is -3.67. The van der Waals surface area contributed by atoms with Gasteiger partial charge in [-0.25, -0.2) is 0 Å². The van der Waals surface area contributed by atoms with Crippen molar-refractivity contribution >= 4 is 17.9 Å². The minimum atomic E-state index is -0.793. The van der Waals surface area contributed by atoms with Gasteiger partial charge in [-0.3, -0.25) is 14.4 Å². The fourth-order valence-electron chi connectivity index (χ4n) is 8.07. The molecular weight excluding hydrogens is 877 g/mol. The maximum Gasteiger partial charge on any atom is 0.306 e. The lowest BCUT2D eigenvalue weighted by Crippen LogP contribution is -2.30. The van der Waals surface area contributed by atoms with E-state index in [0.29, 0.717) is 19.3 Å². The molecular formula is C65H110O6. The molecule has 406 valence electrons. The van der Waals surface area contributed by atoms with Crippen LogP contribution in [0.5, 0.6) is 0 Å². The summed E-state index contributed by atoms with van der Waals surface area (Å²) < 4.78 is 16.8. The first-order valence-corrected chi connectivity index (χ1v) is 29.7. The van der Waals surface area contributed by atoms with Crippen molar-refractivity contribution in [3.63, 3.8) is 0 Å². The number of allylic oxidation sites excluding steroid dienone is 16. The lowest BCUT2D eigenvalue weighted by Gasteiger charge is -2.18. The molecule has 0 radical (unpaired) electrons. The quantitative estimate of drug-likeness (QED) is 0.0261. The number of carbonyl (C=O) groups is 3. The van der Waals surface area contributed by atoms with E-state index >= 15 is 0 Å². The van der Waals surface area contributed by atoms with Crippen molar-refractivity contribution < 1.29 is 28.6 Å². The van der Waals surface area contributed by atoms with Crippen LogP contribution in [0.3, 0.4) is 0 Å². The summed E-state index contributed by atoms with van der Waals surface area (Å²) in [4.78, 5) is 38.2. The molecule has 0 aliphatic carbocycles. The second kappa shape index (κ2) is 58.9. The predicted octanol–water partition coefficient (Wildman–Crippen LogP) is 20.1. The third kappa shape index (κ3) is 57.1. The van der Waals surface area contributed by atoms with Crippen molar-refractivity contribution in [3.8, 4) is 0 Å². The van der Waals surface area contributed by atoms with E-state index in [1.807, 2.05) is 0 Å². The molecule has 0 aromatic heterocycles. The van der Waals surface area contributed by atoms with Crippen LogP contribution in [-0.4, -0.2) is 37.2 Å². The Morgan fingerprint density at radius 1 is 0.296 bits per heavy atom. The number of hydrogen-bond donors (Lipinski definition) is 0. The zero-order valence-corrected chi connectivity index (χ0v) is 46.5. The molecule has 1 atom stereocenters. The van der Waals surface area contributed by atoms with Crippen LogP contribution < -0.4 is 0 Å². The lowest BCUT2D eigenvalue weighted by atomic mass is 10.1. The van der Waals surface area contributed by atoms with Crippen LogP contribution >= 0.6 is 0 Å². The summed E-state index contributed by atoms with van der Waals surface area (Å²) in [5.74, 6) is -0.919. The van der Waals surface area contributed by atoms with Crippen molar-refractivity contribution in [3.05, 3.63) is 97.2 Å². The van der Waals surface area contributed by atoms with Gasteiger partial charge in [-0.1, -0.05) is 240 Å². The molecule has 6 heteroatoms. The summed E-state index contributed by atoms with van der Waals surface area (Å²) in [5.41, 5.74) is 0. The Kier molecular flexibility index (Phi) is 55.9. The van der Waals surface area contributed by atoms with Crippen molar-refractivity contribution in [1.82, 2.24) is 0 Å². The van der Waals surface area contributed by atoms with Crippen LogP contribution in [0.1, 0.15) is 278 Å². The van der Waals surface area contributed by atoms with Gasteiger partial charge in [-0.2, -0.15) is 0 Å². The summed E-state index contributed by atoms with van der Waals surface area (Å²) in [7, 11) is 0. The Labute approximate surface area is 438 Å². The molecule has 0 N–H and O–H groups in total. The monoisotopic (exact) mass is 987 g/mol. The first-order chi connectivity index (χ1) is 35.0. The lowest BCUT2D eigenvalue weighted by molar-refractivity contribution is -0.167. The molecule has 0 amide bonds. The highest BCUT2D eigenvalue weighted by molar-refractivity contribution is 5.71. The van der Waals surface area contributed by atoms with Crippen LogP contribution in [0.4, 0.5) is 0 Å². The summed E-state index contributed by atoms with van der Waals surface area (Å²) in [6.07, 6.45) is 78.3. The molecule has 0 aromatic carbocycles. The van der Waals surface area contributed by atoms with Crippen LogP contribution in [0, 0.1) is 0 Å². The van der Waals surface area contributed by atoms with Gasteiger partial charge in [0, 0.05) is 19.3 Å². The van der Waals surface area contributed by atoms with Crippen molar-refractivity contribution in [2.45, 2.75) is 284 Å². The smallest absolute Gasteiger partial charge is 0.306 e. The van der Waals surface area contributed by atoms with Crippen LogP contribution in [-0.2, 0) is 28.6 Å². The number of carbonyl (C=O) groups excluding carboxylic acids is 3. The first kappa shape index (κ1) is 67.3. The van der Waals surface area contributed by atoms with E-state index in [4.69, 9.17) is 14.2 Å². The van der Waals surface area contributed by atoms with E-state index in [2.05, 4.69) is 118 Å². The normalized spacial score (nSPS) is 12.8. The molecule has 0 aromatic rings. The van der Waals surface area contributed by atoms with E-state index < -0.39 is 6.10 Å². The molecule has 0 bridgehead atoms. The van der Waals surface area contributed by atoms with Crippen LogP contribution in [0.15, 0.2) is 97.2 Å². The van der Waals surface area contributed by atoms with E-state index in [-0.39, 0.29) is 31.1 Å². The molecule has 0 aliphatic rings. The van der Waals surface area contributed by atoms with E-state index in [1.165, 1.54) is 116 Å². The number of unbranched alkanes of at least 4 members (excludes halogenated alkanes) is 26. The molecule has 0 spiro atoms. The molecule has 0 fully saturated rings. The molecule has 71 heavy (non-hydrogen) atoms. The number of rotatable bonds is 53. The maximum atomic E-state index is 12.9. The standard InChI is InChI=1S/C65H110O6/c1-4-7-10-13-16-19-22-24-26-28-30-32-34-36-38-40-43-46-49-52-55-58-64(67)70-61-62(60-69-63(66)57-54-51-48-45-42-21-18-15-12-9-6-3)71-65(68)59-56-53-50-47-44-41-39-37-35-33-31-29-27-25-23-20-17-14-11-8-5-2/h7,10,15-16,18-19,23-26,29-32,36,38,62H,4-6,8-9,11-14,17,20-22,27-28,33-35,37,39-61H2,1-3H3/b10-7-,18-15-,19-16-,25-23-,26-24-,31-29-,32-30-,38-36-. The van der Waals surface area contributed by atoms with Gasteiger partial charge < -0.3 is 14.2 Å². The van der Waals surface area contributed by atoms with Gasteiger partial charge in [-0.15, -0.1) is 0 Å². The third-order valence-electron chi connectivity index (χ3n) is 12.5. The van der Waals surface area contributed by atoms with Crippen LogP contribution in [0.2, 0.25) is 0 Å². The Bertz CT molecular complexity index is 1410. The number of hydrogen-bond acceptors (Lipinski definition) is 6. The molecule has 0 aliphatic heterocycles. The minimum Gasteiger partial charge on any atom is -0.462 e. The fraction of sp³-hybridized carbons (Fsp3) is 0.708. The third-order valence-corrected chi connectivity index (χ3v) is 12.5. The second-order valence-electron chi connectivity index (χ2n) is 19.5. The second-order valence-corrected chi connectivity index (χ2v) is 19.5. The fourth-order valence-corrected chi connectivity index (χ4v) is 8.07. The highest BCUT2D eigenvalue weighted by atomic mass is 16.6. The highest BCUT2D eigenvalue weighted by Crippen LogP contribution is 2.15. The van der Waals surface area contributed by atoms with E-state index in [0.717, 1.165) is 122 Å². The van der Waals surface area contributed by atoms with Gasteiger partial charge in [0.05, 0.1) is 0 Å². The summed E-state index contributed by atoms with van der Waals surface area (Å²) in [5, 5.41) is 0. The zero-order chi connectivity index (χ0) is 51.4. The first-order valence-electron chi connectivity index (χ1n) is 29.7. The Balaban J connectivity index is 4.38. The number of ether oxygens (including phenoxy) is 3. The number of esters is 3. The highest BCUT2D eigenvalue weighted by Gasteiger charge is 2.19. The predicted molar refractivity (Wildman–Crippen MR) is 307 cm³/mol. The average molecular weight is 988 g/mol. The molecule has 1 unspecified atom stereocenters. The zero-order valence-electron chi connectivity index (χ0n) is 46.5. The van der Waals surface area contributed by atoms with Crippen molar-refractivity contribution in [2.24, 2.45) is 0 Å². The largest absolute Gasteiger partial charge is 0.462 e. The van der Waals surface area contributed by atoms with Gasteiger partial charge in [0.15, 0.2) is 6.10 Å². The Morgan fingerprint density at radius 3 is 0.915 bits per heavy atom. The maximum absolute atomic E-state index is 12.9. The summed E-state index contributed by atoms with van der Waals surface area (Å²) in [6, 6.07) is 0. The van der Waals surface area contributed by atoms with Gasteiger partial charge in [0.2, 0.25) is 0 Å². The molecule has 6 nitrogen and oxygen atoms in total. The van der Waals surface area contributed by atoms with E-state index in [1.54, 1.807) is 0 Å². The van der Waals surface area contributed by atoms with Gasteiger partial charge >= 0.3 is 17.9 Å². The van der Waals surface area contributed by atoms with Gasteiger partial charge in [0.25, 0.3) is 0 Å². The van der Waals surface area contributed by atoms with Crippen LogP contribution in [0.25, 0.3) is 0 Å². The van der Waals surface area contributed by atoms with E-state index in [9.17, 15) is 14.4 Å². The summed E-state index contributed by atoms with van der Waals surface area (Å²) in [6.45, 7) is 6.46. The molecule has 0 saturated carbocycles. The Morgan fingerprint density at radius 2 is 0.563 bits per heavy atom. The SMILES string of the molecule is CC/C=C\C/C=C\C/C=C\C/C=C\C/C=C\CCCCCCCC(=O)OCC(COC(=O)CCCCCCC/C=C\CCCC)OC(=O)CCCCCCCCCCC/C=C\C/C=C\CCCCCCC. The molecule has 0 saturated heterocycles. The molecule has 0 rings (SSSR count). The van der Waals surface area contributed by atoms with Crippen molar-refractivity contribution in [1.29, 1.82) is 0 Å². The minimum absolute atomic E-state index is 0.0902. The topological polar surface area (TPSA) is 78.9 Å². The van der Waals surface area contributed by atoms with Gasteiger partial charge in [-0.05, 0) is 116 Å². The summed E-state index contributed by atoms with van der Waals surface area (Å²) >= 11 is 0.